The lowest BCUT2D eigenvalue weighted by molar-refractivity contribution is 0.0834. The number of ether oxygens (including phenoxy) is 2. The monoisotopic (exact) mass is 374 g/mol. The van der Waals surface area contributed by atoms with Gasteiger partial charge in [-0.3, -0.25) is 4.79 Å². The molecule has 2 aromatic rings. The number of hydrogen-bond acceptors (Lipinski definition) is 8. The Hall–Kier alpha value is -3.14. The second kappa shape index (κ2) is 8.49. The number of aromatic nitrogens is 3. The van der Waals surface area contributed by atoms with E-state index in [4.69, 9.17) is 15.2 Å². The van der Waals surface area contributed by atoms with E-state index in [1.54, 1.807) is 0 Å². The van der Waals surface area contributed by atoms with Crippen molar-refractivity contribution in [3.05, 3.63) is 35.9 Å². The first-order valence-corrected chi connectivity index (χ1v) is 8.61. The van der Waals surface area contributed by atoms with Gasteiger partial charge in [-0.05, 0) is 12.5 Å². The van der Waals surface area contributed by atoms with Crippen molar-refractivity contribution in [1.82, 2.24) is 20.1 Å². The quantitative estimate of drug-likeness (QED) is 0.782. The van der Waals surface area contributed by atoms with Gasteiger partial charge in [-0.2, -0.15) is 9.67 Å². The lowest BCUT2D eigenvalue weighted by Gasteiger charge is -2.25. The highest BCUT2D eigenvalue weighted by Crippen LogP contribution is 2.13. The van der Waals surface area contributed by atoms with Crippen molar-refractivity contribution >= 4 is 23.9 Å². The molecule has 0 spiro atoms. The maximum absolute atomic E-state index is 12.5. The number of nitrogen functional groups attached to an aromatic ring is 1. The van der Waals surface area contributed by atoms with E-state index in [-0.39, 0.29) is 12.6 Å². The summed E-state index contributed by atoms with van der Waals surface area (Å²) in [4.78, 5) is 30.5. The summed E-state index contributed by atoms with van der Waals surface area (Å²) in [6, 6.07) is 8.37. The third-order valence-corrected chi connectivity index (χ3v) is 4.04. The number of morpholine rings is 1. The zero-order valence-electron chi connectivity index (χ0n) is 15.0. The van der Waals surface area contributed by atoms with Crippen LogP contribution in [0.4, 0.5) is 16.7 Å². The van der Waals surface area contributed by atoms with Crippen LogP contribution in [0.2, 0.25) is 0 Å². The van der Waals surface area contributed by atoms with Crippen molar-refractivity contribution in [3.8, 4) is 0 Å². The highest BCUT2D eigenvalue weighted by atomic mass is 16.5. The Morgan fingerprint density at radius 1 is 1.30 bits per heavy atom. The summed E-state index contributed by atoms with van der Waals surface area (Å²) in [7, 11) is 0. The van der Waals surface area contributed by atoms with Gasteiger partial charge < -0.3 is 25.4 Å². The van der Waals surface area contributed by atoms with E-state index in [1.165, 1.54) is 6.92 Å². The zero-order valence-corrected chi connectivity index (χ0v) is 15.0. The van der Waals surface area contributed by atoms with Crippen LogP contribution in [0, 0.1) is 0 Å². The van der Waals surface area contributed by atoms with Crippen LogP contribution in [-0.4, -0.2) is 59.1 Å². The van der Waals surface area contributed by atoms with E-state index in [0.29, 0.717) is 32.3 Å². The fourth-order valence-electron chi connectivity index (χ4n) is 2.56. The maximum Gasteiger partial charge on any atom is 0.408 e. The Morgan fingerprint density at radius 3 is 2.70 bits per heavy atom. The van der Waals surface area contributed by atoms with Crippen LogP contribution in [0.3, 0.4) is 0 Å². The summed E-state index contributed by atoms with van der Waals surface area (Å²) in [5.74, 6) is -0.174. The second-order valence-corrected chi connectivity index (χ2v) is 6.05. The summed E-state index contributed by atoms with van der Waals surface area (Å²) >= 11 is 0. The number of nitrogens with two attached hydrogens (primary N) is 1. The maximum atomic E-state index is 12.5. The highest BCUT2D eigenvalue weighted by molar-refractivity contribution is 5.88. The number of carbonyl (C=O) groups is 2. The van der Waals surface area contributed by atoms with E-state index < -0.39 is 18.0 Å². The van der Waals surface area contributed by atoms with Gasteiger partial charge in [0.05, 0.1) is 13.2 Å². The number of nitrogens with one attached hydrogen (secondary N) is 1. The average molecular weight is 374 g/mol. The molecule has 1 atom stereocenters. The van der Waals surface area contributed by atoms with Crippen LogP contribution in [0.1, 0.15) is 17.3 Å². The molecule has 10 heteroatoms. The van der Waals surface area contributed by atoms with Crippen molar-refractivity contribution in [2.24, 2.45) is 0 Å². The highest BCUT2D eigenvalue weighted by Gasteiger charge is 2.24. The van der Waals surface area contributed by atoms with Crippen LogP contribution in [0.15, 0.2) is 30.3 Å². The molecule has 10 nitrogen and oxygen atoms in total. The molecule has 0 radical (unpaired) electrons. The molecule has 2 heterocycles. The summed E-state index contributed by atoms with van der Waals surface area (Å²) in [5, 5.41) is 6.64. The van der Waals surface area contributed by atoms with Gasteiger partial charge in [0.25, 0.3) is 5.91 Å². The molecular formula is C17H22N6O4. The number of rotatable bonds is 5. The van der Waals surface area contributed by atoms with Gasteiger partial charge in [0.1, 0.15) is 12.6 Å². The molecule has 1 fully saturated rings. The first kappa shape index (κ1) is 18.6. The van der Waals surface area contributed by atoms with E-state index in [9.17, 15) is 9.59 Å². The number of hydrogen-bond donors (Lipinski definition) is 2. The van der Waals surface area contributed by atoms with Crippen molar-refractivity contribution in [2.45, 2.75) is 19.6 Å². The molecule has 144 valence electrons. The van der Waals surface area contributed by atoms with Crippen molar-refractivity contribution in [2.75, 3.05) is 36.9 Å². The van der Waals surface area contributed by atoms with Crippen LogP contribution >= 0.6 is 0 Å². The van der Waals surface area contributed by atoms with Gasteiger partial charge in [-0.15, -0.1) is 5.10 Å². The lowest BCUT2D eigenvalue weighted by Crippen LogP contribution is -2.42. The molecule has 3 rings (SSSR count). The summed E-state index contributed by atoms with van der Waals surface area (Å²) in [5.41, 5.74) is 6.67. The smallest absolute Gasteiger partial charge is 0.408 e. The van der Waals surface area contributed by atoms with Gasteiger partial charge in [0, 0.05) is 13.1 Å². The molecule has 0 aliphatic carbocycles. The Kier molecular flexibility index (Phi) is 5.87. The summed E-state index contributed by atoms with van der Waals surface area (Å²) in [6.45, 7) is 4.01. The van der Waals surface area contributed by atoms with Crippen LogP contribution in [-0.2, 0) is 16.1 Å². The van der Waals surface area contributed by atoms with Gasteiger partial charge in [0.15, 0.2) is 0 Å². The molecule has 0 unspecified atom stereocenters. The van der Waals surface area contributed by atoms with E-state index in [1.807, 2.05) is 35.2 Å². The number of benzene rings is 1. The first-order chi connectivity index (χ1) is 13.0. The molecule has 1 aliphatic heterocycles. The minimum atomic E-state index is -0.880. The third kappa shape index (κ3) is 4.73. The number of anilines is 2. The van der Waals surface area contributed by atoms with Crippen LogP contribution in [0.25, 0.3) is 0 Å². The lowest BCUT2D eigenvalue weighted by atomic mass is 10.2. The topological polar surface area (TPSA) is 125 Å². The third-order valence-electron chi connectivity index (χ3n) is 4.04. The van der Waals surface area contributed by atoms with Gasteiger partial charge in [-0.1, -0.05) is 30.3 Å². The molecule has 1 amide bonds. The summed E-state index contributed by atoms with van der Waals surface area (Å²) in [6.07, 6.45) is -0.702. The van der Waals surface area contributed by atoms with E-state index >= 15 is 0 Å². The Bertz CT molecular complexity index is 788. The molecule has 27 heavy (non-hydrogen) atoms. The van der Waals surface area contributed by atoms with E-state index in [2.05, 4.69) is 15.4 Å². The van der Waals surface area contributed by atoms with Gasteiger partial charge in [-0.25, -0.2) is 4.79 Å². The minimum absolute atomic E-state index is 0.0344. The molecular weight excluding hydrogens is 352 g/mol. The van der Waals surface area contributed by atoms with E-state index in [0.717, 1.165) is 10.2 Å². The van der Waals surface area contributed by atoms with Crippen LogP contribution in [0.5, 0.6) is 0 Å². The van der Waals surface area contributed by atoms with Crippen molar-refractivity contribution < 1.29 is 19.1 Å². The Morgan fingerprint density at radius 2 is 2.00 bits per heavy atom. The molecule has 1 saturated heterocycles. The Balaban J connectivity index is 1.56. The molecule has 1 aromatic carbocycles. The standard InChI is InChI=1S/C17H22N6O4/c1-12(19-17(25)27-11-13-5-3-2-4-6-13)14(24)23-15(18)20-16(21-23)22-7-9-26-10-8-22/h2-6,12H,7-11H2,1H3,(H,19,25)(H2,18,20,21)/t12-/m0/s1. The number of nitrogens with zero attached hydrogens (tertiary/aromatic N) is 4. The molecule has 0 bridgehead atoms. The Labute approximate surface area is 156 Å². The number of carbonyl (C=O) groups excluding carboxylic acids is 2. The molecule has 0 saturated carbocycles. The predicted octanol–water partition coefficient (Wildman–Crippen LogP) is 0.652. The second-order valence-electron chi connectivity index (χ2n) is 6.05. The van der Waals surface area contributed by atoms with Gasteiger partial charge in [0.2, 0.25) is 11.9 Å². The number of alkyl carbamates (subject to hydrolysis) is 1. The fourth-order valence-corrected chi connectivity index (χ4v) is 2.56. The SMILES string of the molecule is C[C@H](NC(=O)OCc1ccccc1)C(=O)n1nc(N2CCOCC2)nc1N. The average Bonchev–Trinajstić information content (AvgIpc) is 3.09. The largest absolute Gasteiger partial charge is 0.445 e. The zero-order chi connectivity index (χ0) is 19.2. The van der Waals surface area contributed by atoms with Crippen LogP contribution < -0.4 is 16.0 Å². The number of amides is 1. The van der Waals surface area contributed by atoms with Crippen molar-refractivity contribution in [3.63, 3.8) is 0 Å². The predicted molar refractivity (Wildman–Crippen MR) is 97.3 cm³/mol. The normalized spacial score (nSPS) is 15.2. The first-order valence-electron chi connectivity index (χ1n) is 8.61. The van der Waals surface area contributed by atoms with Gasteiger partial charge >= 0.3 is 6.09 Å². The minimum Gasteiger partial charge on any atom is -0.445 e. The van der Waals surface area contributed by atoms with Crippen molar-refractivity contribution in [1.29, 1.82) is 0 Å². The molecule has 3 N–H and O–H groups in total. The fraction of sp³-hybridized carbons (Fsp3) is 0.412. The molecule has 1 aliphatic rings. The summed E-state index contributed by atoms with van der Waals surface area (Å²) < 4.78 is 11.4. The molecule has 1 aromatic heterocycles.